The van der Waals surface area contributed by atoms with E-state index in [4.69, 9.17) is 11.6 Å². The van der Waals surface area contributed by atoms with E-state index in [0.29, 0.717) is 5.92 Å². The van der Waals surface area contributed by atoms with Gasteiger partial charge in [-0.1, -0.05) is 62.7 Å². The molecule has 0 radical (unpaired) electrons. The second-order valence-corrected chi connectivity index (χ2v) is 6.19. The van der Waals surface area contributed by atoms with E-state index in [1.165, 1.54) is 22.3 Å². The van der Waals surface area contributed by atoms with Crippen molar-refractivity contribution in [1.29, 1.82) is 0 Å². The highest BCUT2D eigenvalue weighted by Gasteiger charge is 2.07. The minimum Gasteiger partial charge on any atom is -0.313 e. The molecule has 0 spiro atoms. The second-order valence-electron chi connectivity index (χ2n) is 5.75. The quantitative estimate of drug-likeness (QED) is 0.682. The first-order valence-corrected chi connectivity index (χ1v) is 8.09. The molecule has 0 aliphatic heterocycles. The zero-order valence-corrected chi connectivity index (χ0v) is 13.9. The van der Waals surface area contributed by atoms with Crippen molar-refractivity contribution in [1.82, 2.24) is 5.32 Å². The molecule has 0 atom stereocenters. The Kier molecular flexibility index (Phi) is 5.84. The van der Waals surface area contributed by atoms with Gasteiger partial charge in [0.15, 0.2) is 0 Å². The summed E-state index contributed by atoms with van der Waals surface area (Å²) in [6.45, 7) is 8.50. The molecule has 0 unspecified atom stereocenters. The Balaban J connectivity index is 2.29. The number of hydrogen-bond acceptors (Lipinski definition) is 1. The van der Waals surface area contributed by atoms with Crippen LogP contribution in [0.2, 0.25) is 5.02 Å². The predicted octanol–water partition coefficient (Wildman–Crippen LogP) is 5.63. The van der Waals surface area contributed by atoms with Gasteiger partial charge in [0.05, 0.1) is 0 Å². The Bertz CT molecular complexity index is 573. The average molecular weight is 302 g/mol. The van der Waals surface area contributed by atoms with Gasteiger partial charge in [0.1, 0.15) is 0 Å². The molecule has 112 valence electrons. The van der Waals surface area contributed by atoms with Crippen LogP contribution in [0.25, 0.3) is 11.1 Å². The van der Waals surface area contributed by atoms with Crippen LogP contribution < -0.4 is 5.32 Å². The average Bonchev–Trinajstić information content (AvgIpc) is 2.48. The standard InChI is InChI=1S/C19H24ClN/c1-4-11-21-13-17-12-18(20)9-10-19(17)16-7-5-15(6-8-16)14(2)3/h5-10,12,14,21H,4,11,13H2,1-3H3. The van der Waals surface area contributed by atoms with Gasteiger partial charge in [0.2, 0.25) is 0 Å². The topological polar surface area (TPSA) is 12.0 Å². The van der Waals surface area contributed by atoms with E-state index in [2.05, 4.69) is 62.5 Å². The van der Waals surface area contributed by atoms with Crippen LogP contribution >= 0.6 is 11.6 Å². The van der Waals surface area contributed by atoms with Gasteiger partial charge in [0, 0.05) is 11.6 Å². The van der Waals surface area contributed by atoms with Gasteiger partial charge in [-0.2, -0.15) is 0 Å². The monoisotopic (exact) mass is 301 g/mol. The fraction of sp³-hybridized carbons (Fsp3) is 0.368. The first kappa shape index (κ1) is 16.1. The molecular weight excluding hydrogens is 278 g/mol. The number of nitrogens with one attached hydrogen (secondary N) is 1. The highest BCUT2D eigenvalue weighted by Crippen LogP contribution is 2.28. The molecule has 0 heterocycles. The van der Waals surface area contributed by atoms with Crippen molar-refractivity contribution in [3.05, 3.63) is 58.6 Å². The van der Waals surface area contributed by atoms with E-state index in [1.807, 2.05) is 6.07 Å². The van der Waals surface area contributed by atoms with Crippen molar-refractivity contribution in [3.8, 4) is 11.1 Å². The molecule has 0 aliphatic rings. The van der Waals surface area contributed by atoms with Crippen molar-refractivity contribution in [2.45, 2.75) is 39.7 Å². The molecule has 21 heavy (non-hydrogen) atoms. The van der Waals surface area contributed by atoms with Crippen molar-refractivity contribution in [2.75, 3.05) is 6.54 Å². The van der Waals surface area contributed by atoms with Gasteiger partial charge in [-0.25, -0.2) is 0 Å². The van der Waals surface area contributed by atoms with E-state index in [0.717, 1.165) is 24.5 Å². The molecule has 2 aromatic rings. The largest absolute Gasteiger partial charge is 0.313 e. The molecule has 0 saturated carbocycles. The van der Waals surface area contributed by atoms with Gasteiger partial charge in [-0.3, -0.25) is 0 Å². The van der Waals surface area contributed by atoms with Crippen LogP contribution in [0.1, 0.15) is 44.2 Å². The van der Waals surface area contributed by atoms with Crippen LogP contribution in [0.15, 0.2) is 42.5 Å². The molecular formula is C19H24ClN. The van der Waals surface area contributed by atoms with Crippen LogP contribution in [-0.2, 0) is 6.54 Å². The third-order valence-corrected chi connectivity index (χ3v) is 3.93. The maximum Gasteiger partial charge on any atom is 0.0409 e. The molecule has 0 bridgehead atoms. The molecule has 1 nitrogen and oxygen atoms in total. The SMILES string of the molecule is CCCNCc1cc(Cl)ccc1-c1ccc(C(C)C)cc1. The summed E-state index contributed by atoms with van der Waals surface area (Å²) in [5.41, 5.74) is 5.15. The molecule has 2 rings (SSSR count). The lowest BCUT2D eigenvalue weighted by molar-refractivity contribution is 0.676. The lowest BCUT2D eigenvalue weighted by Crippen LogP contribution is -2.14. The van der Waals surface area contributed by atoms with E-state index in [-0.39, 0.29) is 0 Å². The zero-order valence-electron chi connectivity index (χ0n) is 13.1. The van der Waals surface area contributed by atoms with E-state index >= 15 is 0 Å². The molecule has 0 aromatic heterocycles. The molecule has 0 aliphatic carbocycles. The summed E-state index contributed by atoms with van der Waals surface area (Å²) in [4.78, 5) is 0. The van der Waals surface area contributed by atoms with E-state index < -0.39 is 0 Å². The Morgan fingerprint density at radius 3 is 2.38 bits per heavy atom. The highest BCUT2D eigenvalue weighted by atomic mass is 35.5. The maximum absolute atomic E-state index is 6.16. The minimum absolute atomic E-state index is 0.565. The Morgan fingerprint density at radius 2 is 1.76 bits per heavy atom. The highest BCUT2D eigenvalue weighted by molar-refractivity contribution is 6.30. The second kappa shape index (κ2) is 7.63. The fourth-order valence-electron chi connectivity index (χ4n) is 2.44. The summed E-state index contributed by atoms with van der Waals surface area (Å²) in [5, 5.41) is 4.26. The number of benzene rings is 2. The molecule has 1 N–H and O–H groups in total. The Morgan fingerprint density at radius 1 is 1.05 bits per heavy atom. The van der Waals surface area contributed by atoms with Gasteiger partial charge in [-0.05, 0) is 53.3 Å². The summed E-state index contributed by atoms with van der Waals surface area (Å²) < 4.78 is 0. The van der Waals surface area contributed by atoms with Crippen LogP contribution in [0.5, 0.6) is 0 Å². The zero-order chi connectivity index (χ0) is 15.2. The van der Waals surface area contributed by atoms with E-state index in [9.17, 15) is 0 Å². The van der Waals surface area contributed by atoms with Gasteiger partial charge in [0.25, 0.3) is 0 Å². The lowest BCUT2D eigenvalue weighted by atomic mass is 9.96. The van der Waals surface area contributed by atoms with Crippen LogP contribution in [-0.4, -0.2) is 6.54 Å². The first-order chi connectivity index (χ1) is 10.1. The fourth-order valence-corrected chi connectivity index (χ4v) is 2.63. The number of hydrogen-bond donors (Lipinski definition) is 1. The molecule has 0 saturated heterocycles. The third kappa shape index (κ3) is 4.33. The third-order valence-electron chi connectivity index (χ3n) is 3.70. The molecule has 0 amide bonds. The number of halogens is 1. The van der Waals surface area contributed by atoms with Crippen molar-refractivity contribution in [2.24, 2.45) is 0 Å². The first-order valence-electron chi connectivity index (χ1n) is 7.71. The summed E-state index contributed by atoms with van der Waals surface area (Å²) in [7, 11) is 0. The normalized spacial score (nSPS) is 11.1. The molecule has 0 fully saturated rings. The van der Waals surface area contributed by atoms with Crippen LogP contribution in [0.4, 0.5) is 0 Å². The summed E-state index contributed by atoms with van der Waals surface area (Å²) in [6.07, 6.45) is 1.14. The summed E-state index contributed by atoms with van der Waals surface area (Å²) >= 11 is 6.16. The lowest BCUT2D eigenvalue weighted by Gasteiger charge is -2.13. The Hall–Kier alpha value is -1.31. The van der Waals surface area contributed by atoms with Gasteiger partial charge < -0.3 is 5.32 Å². The van der Waals surface area contributed by atoms with E-state index in [1.54, 1.807) is 0 Å². The Labute approximate surface area is 133 Å². The minimum atomic E-state index is 0.565. The van der Waals surface area contributed by atoms with Crippen molar-refractivity contribution < 1.29 is 0 Å². The van der Waals surface area contributed by atoms with Crippen LogP contribution in [0, 0.1) is 0 Å². The van der Waals surface area contributed by atoms with Gasteiger partial charge in [-0.15, -0.1) is 0 Å². The van der Waals surface area contributed by atoms with Crippen molar-refractivity contribution >= 4 is 11.6 Å². The molecule has 2 aromatic carbocycles. The predicted molar refractivity (Wildman–Crippen MR) is 93.0 cm³/mol. The van der Waals surface area contributed by atoms with Crippen LogP contribution in [0.3, 0.4) is 0 Å². The maximum atomic E-state index is 6.16. The van der Waals surface area contributed by atoms with Gasteiger partial charge >= 0.3 is 0 Å². The summed E-state index contributed by atoms with van der Waals surface area (Å²) in [5.74, 6) is 0.565. The summed E-state index contributed by atoms with van der Waals surface area (Å²) in [6, 6.07) is 15.0. The number of rotatable bonds is 6. The molecule has 2 heteroatoms. The van der Waals surface area contributed by atoms with Crippen molar-refractivity contribution in [3.63, 3.8) is 0 Å². The smallest absolute Gasteiger partial charge is 0.0409 e.